The minimum absolute atomic E-state index is 0.0232. The van der Waals surface area contributed by atoms with E-state index in [2.05, 4.69) is 20.4 Å². The minimum atomic E-state index is -0.646. The molecule has 0 aromatic rings. The van der Waals surface area contributed by atoms with E-state index in [-0.39, 0.29) is 11.6 Å². The van der Waals surface area contributed by atoms with E-state index in [0.717, 1.165) is 12.1 Å². The van der Waals surface area contributed by atoms with Crippen LogP contribution in [0.25, 0.3) is 0 Å². The van der Waals surface area contributed by atoms with E-state index in [1.807, 2.05) is 39.6 Å². The molecule has 3 nitrogen and oxygen atoms in total. The summed E-state index contributed by atoms with van der Waals surface area (Å²) < 4.78 is 0. The molecular formula is C16H27NO2. The molecule has 0 spiro atoms. The summed E-state index contributed by atoms with van der Waals surface area (Å²) in [4.78, 5) is 27.2. The van der Waals surface area contributed by atoms with E-state index >= 15 is 0 Å². The Morgan fingerprint density at radius 2 is 1.47 bits per heavy atom. The van der Waals surface area contributed by atoms with Crippen LogP contribution in [-0.4, -0.2) is 36.1 Å². The van der Waals surface area contributed by atoms with Gasteiger partial charge in [0.2, 0.25) is 0 Å². The maximum absolute atomic E-state index is 12.7. The van der Waals surface area contributed by atoms with E-state index in [0.29, 0.717) is 5.92 Å². The second-order valence-electron chi connectivity index (χ2n) is 7.19. The van der Waals surface area contributed by atoms with Crippen LogP contribution in [0.5, 0.6) is 0 Å². The van der Waals surface area contributed by atoms with Crippen LogP contribution in [0, 0.1) is 16.7 Å². The quantitative estimate of drug-likeness (QED) is 0.581. The van der Waals surface area contributed by atoms with Crippen LogP contribution in [0.15, 0.2) is 12.2 Å². The fourth-order valence-electron chi connectivity index (χ4n) is 2.96. The van der Waals surface area contributed by atoms with Crippen LogP contribution >= 0.6 is 0 Å². The number of carbonyl (C=O) groups excluding carboxylic acids is 2. The summed E-state index contributed by atoms with van der Waals surface area (Å²) >= 11 is 0. The Balaban J connectivity index is 3.21. The molecule has 108 valence electrons. The maximum atomic E-state index is 12.7. The number of carbonyl (C=O) groups is 2. The molecule has 0 heterocycles. The molecule has 1 fully saturated rings. The first kappa shape index (κ1) is 16.1. The van der Waals surface area contributed by atoms with Crippen molar-refractivity contribution in [1.82, 2.24) is 4.90 Å². The number of hydrogen-bond acceptors (Lipinski definition) is 3. The fourth-order valence-corrected chi connectivity index (χ4v) is 2.96. The summed E-state index contributed by atoms with van der Waals surface area (Å²) in [5, 5.41) is 0. The first-order valence-corrected chi connectivity index (χ1v) is 6.92. The molecule has 0 N–H and O–H groups in total. The number of allylic oxidation sites excluding steroid dienone is 1. The van der Waals surface area contributed by atoms with E-state index in [1.165, 1.54) is 0 Å². The third kappa shape index (κ3) is 2.53. The molecule has 0 atom stereocenters. The zero-order valence-corrected chi connectivity index (χ0v) is 13.3. The lowest BCUT2D eigenvalue weighted by molar-refractivity contribution is -0.147. The zero-order chi connectivity index (χ0) is 15.2. The Labute approximate surface area is 117 Å². The van der Waals surface area contributed by atoms with Gasteiger partial charge in [-0.25, -0.2) is 0 Å². The monoisotopic (exact) mass is 265 g/mol. The minimum Gasteiger partial charge on any atom is -0.296 e. The van der Waals surface area contributed by atoms with Crippen molar-refractivity contribution in [3.8, 4) is 0 Å². The van der Waals surface area contributed by atoms with Gasteiger partial charge in [-0.3, -0.25) is 14.5 Å². The van der Waals surface area contributed by atoms with Gasteiger partial charge in [-0.1, -0.05) is 26.0 Å². The van der Waals surface area contributed by atoms with E-state index in [9.17, 15) is 9.59 Å². The molecule has 3 heteroatoms. The molecule has 1 aliphatic carbocycles. The lowest BCUT2D eigenvalue weighted by atomic mass is 9.58. The Morgan fingerprint density at radius 3 is 1.79 bits per heavy atom. The average Bonchev–Trinajstić information content (AvgIpc) is 2.25. The topological polar surface area (TPSA) is 37.4 Å². The predicted octanol–water partition coefficient (Wildman–Crippen LogP) is 2.70. The van der Waals surface area contributed by atoms with Crippen molar-refractivity contribution in [2.24, 2.45) is 16.7 Å². The number of rotatable bonds is 3. The highest BCUT2D eigenvalue weighted by molar-refractivity contribution is 6.15. The Morgan fingerprint density at radius 1 is 1.11 bits per heavy atom. The molecule has 0 unspecified atom stereocenters. The van der Waals surface area contributed by atoms with Gasteiger partial charge in [0.05, 0.1) is 0 Å². The van der Waals surface area contributed by atoms with Gasteiger partial charge in [0.1, 0.15) is 6.04 Å². The SMILES string of the molecule is C=C1C(C)(C)C(=O)C(N(C)CC(C)C)C(=O)C1(C)C. The highest BCUT2D eigenvalue weighted by atomic mass is 16.2. The van der Waals surface area contributed by atoms with Gasteiger partial charge in [0, 0.05) is 17.4 Å². The predicted molar refractivity (Wildman–Crippen MR) is 78.0 cm³/mol. The van der Waals surface area contributed by atoms with Crippen molar-refractivity contribution in [3.05, 3.63) is 12.2 Å². The third-order valence-electron chi connectivity index (χ3n) is 4.33. The van der Waals surface area contributed by atoms with Gasteiger partial charge in [-0.05, 0) is 40.7 Å². The summed E-state index contributed by atoms with van der Waals surface area (Å²) in [6.07, 6.45) is 0. The first-order chi connectivity index (χ1) is 8.44. The normalized spacial score (nSPS) is 23.5. The van der Waals surface area contributed by atoms with E-state index in [4.69, 9.17) is 0 Å². The molecule has 0 radical (unpaired) electrons. The van der Waals surface area contributed by atoms with Crippen molar-refractivity contribution in [2.75, 3.05) is 13.6 Å². The Kier molecular flexibility index (Phi) is 4.12. The molecule has 0 aliphatic heterocycles. The van der Waals surface area contributed by atoms with Gasteiger partial charge in [0.25, 0.3) is 0 Å². The molecule has 0 aromatic heterocycles. The van der Waals surface area contributed by atoms with Crippen molar-refractivity contribution in [1.29, 1.82) is 0 Å². The summed E-state index contributed by atoms with van der Waals surface area (Å²) in [5.41, 5.74) is -0.565. The number of likely N-dealkylation sites (N-methyl/N-ethyl adjacent to an activating group) is 1. The molecule has 1 rings (SSSR count). The van der Waals surface area contributed by atoms with Crippen LogP contribution in [0.3, 0.4) is 0 Å². The second kappa shape index (κ2) is 4.86. The van der Waals surface area contributed by atoms with Gasteiger partial charge < -0.3 is 0 Å². The van der Waals surface area contributed by atoms with Crippen LogP contribution in [0.2, 0.25) is 0 Å². The molecule has 0 amide bonds. The first-order valence-electron chi connectivity index (χ1n) is 6.92. The molecule has 0 saturated heterocycles. The fraction of sp³-hybridized carbons (Fsp3) is 0.750. The molecule has 19 heavy (non-hydrogen) atoms. The summed E-state index contributed by atoms with van der Waals surface area (Å²) in [6.45, 7) is 16.4. The number of Topliss-reactive ketones (excluding diaryl/α,β-unsaturated/α-hetero) is 2. The third-order valence-corrected chi connectivity index (χ3v) is 4.33. The molecular weight excluding hydrogens is 238 g/mol. The zero-order valence-electron chi connectivity index (χ0n) is 13.3. The van der Waals surface area contributed by atoms with Gasteiger partial charge in [-0.15, -0.1) is 0 Å². The van der Waals surface area contributed by atoms with Crippen molar-refractivity contribution < 1.29 is 9.59 Å². The van der Waals surface area contributed by atoms with Gasteiger partial charge in [0.15, 0.2) is 11.6 Å². The number of nitrogens with zero attached hydrogens (tertiary/aromatic N) is 1. The van der Waals surface area contributed by atoms with Crippen LogP contribution in [0.4, 0.5) is 0 Å². The summed E-state index contributed by atoms with van der Waals surface area (Å²) in [6, 6.07) is -0.641. The highest BCUT2D eigenvalue weighted by Crippen LogP contribution is 2.46. The van der Waals surface area contributed by atoms with Crippen molar-refractivity contribution >= 4 is 11.6 Å². The van der Waals surface area contributed by atoms with Crippen LogP contribution in [-0.2, 0) is 9.59 Å². The van der Waals surface area contributed by atoms with Crippen LogP contribution < -0.4 is 0 Å². The molecule has 0 bridgehead atoms. The lowest BCUT2D eigenvalue weighted by Crippen LogP contribution is -2.60. The maximum Gasteiger partial charge on any atom is 0.167 e. The smallest absolute Gasteiger partial charge is 0.167 e. The molecule has 1 aliphatic rings. The lowest BCUT2D eigenvalue weighted by Gasteiger charge is -2.47. The van der Waals surface area contributed by atoms with E-state index < -0.39 is 16.9 Å². The second-order valence-corrected chi connectivity index (χ2v) is 7.19. The Bertz CT molecular complexity index is 388. The van der Waals surface area contributed by atoms with Crippen molar-refractivity contribution in [3.63, 3.8) is 0 Å². The standard InChI is InChI=1S/C16H27NO2/c1-10(2)9-17(8)12-13(18)15(4,5)11(3)16(6,7)14(12)19/h10,12H,3,9H2,1-2,4-8H3. The largest absolute Gasteiger partial charge is 0.296 e. The average molecular weight is 265 g/mol. The van der Waals surface area contributed by atoms with Gasteiger partial charge in [-0.2, -0.15) is 0 Å². The van der Waals surface area contributed by atoms with Crippen molar-refractivity contribution in [2.45, 2.75) is 47.6 Å². The molecule has 1 saturated carbocycles. The molecule has 0 aromatic carbocycles. The highest BCUT2D eigenvalue weighted by Gasteiger charge is 2.55. The van der Waals surface area contributed by atoms with Crippen LogP contribution in [0.1, 0.15) is 41.5 Å². The summed E-state index contributed by atoms with van der Waals surface area (Å²) in [5.74, 6) is 0.372. The summed E-state index contributed by atoms with van der Waals surface area (Å²) in [7, 11) is 1.86. The Hall–Kier alpha value is -0.960. The number of hydrogen-bond donors (Lipinski definition) is 0. The van der Waals surface area contributed by atoms with Gasteiger partial charge >= 0.3 is 0 Å². The van der Waals surface area contributed by atoms with E-state index in [1.54, 1.807) is 0 Å². The number of ketones is 2.